The van der Waals surface area contributed by atoms with Crippen molar-refractivity contribution in [3.8, 4) is 0 Å². The van der Waals surface area contributed by atoms with Crippen molar-refractivity contribution >= 4 is 0 Å². The molecule has 0 saturated heterocycles. The Morgan fingerprint density at radius 2 is 1.00 bits per heavy atom. The van der Waals surface area contributed by atoms with E-state index < -0.39 is 48.6 Å². The fourth-order valence-corrected chi connectivity index (χ4v) is 1.69. The molecule has 0 aliphatic rings. The van der Waals surface area contributed by atoms with Crippen molar-refractivity contribution in [2.45, 2.75) is 55.6 Å². The summed E-state index contributed by atoms with van der Waals surface area (Å²) < 4.78 is 166. The van der Waals surface area contributed by atoms with Crippen molar-refractivity contribution in [1.82, 2.24) is 4.90 Å². The Hall–Kier alpha value is -0.950. The van der Waals surface area contributed by atoms with Crippen molar-refractivity contribution in [2.75, 3.05) is 20.1 Å². The molecule has 0 aromatic rings. The van der Waals surface area contributed by atoms with Gasteiger partial charge in [0.05, 0.1) is 0 Å². The van der Waals surface area contributed by atoms with Crippen molar-refractivity contribution < 1.29 is 57.1 Å². The summed E-state index contributed by atoms with van der Waals surface area (Å²) in [5, 5.41) is 0. The van der Waals surface area contributed by atoms with Crippen LogP contribution in [0.3, 0.4) is 0 Å². The lowest BCUT2D eigenvalue weighted by Gasteiger charge is -2.39. The van der Waals surface area contributed by atoms with Crippen molar-refractivity contribution in [1.29, 1.82) is 0 Å². The Kier molecular flexibility index (Phi) is 6.96. The normalized spacial score (nSPS) is 15.7. The maximum absolute atomic E-state index is 13.4. The van der Waals surface area contributed by atoms with Gasteiger partial charge < -0.3 is 4.90 Å². The van der Waals surface area contributed by atoms with Gasteiger partial charge in [0.25, 0.3) is 0 Å². The largest absolute Gasteiger partial charge is 0.460 e. The lowest BCUT2D eigenvalue weighted by molar-refractivity contribution is -0.440. The first-order chi connectivity index (χ1) is 11.2. The van der Waals surface area contributed by atoms with E-state index in [9.17, 15) is 57.1 Å². The Labute approximate surface area is 139 Å². The first-order valence-corrected chi connectivity index (χ1v) is 6.85. The van der Waals surface area contributed by atoms with E-state index in [-0.39, 0.29) is 13.1 Å². The third kappa shape index (κ3) is 3.98. The van der Waals surface area contributed by atoms with E-state index in [0.29, 0.717) is 0 Å². The van der Waals surface area contributed by atoms with Crippen LogP contribution < -0.4 is 0 Å². The molecule has 0 radical (unpaired) electrons. The molecule has 0 heterocycles. The van der Waals surface area contributed by atoms with Gasteiger partial charge in [-0.1, -0.05) is 6.92 Å². The van der Waals surface area contributed by atoms with Crippen molar-refractivity contribution in [2.24, 2.45) is 0 Å². The Balaban J connectivity index is 5.78. The number of hydrogen-bond acceptors (Lipinski definition) is 1. The second-order valence-electron chi connectivity index (χ2n) is 5.50. The summed E-state index contributed by atoms with van der Waals surface area (Å²) in [6.07, 6.45) is -10.5. The SMILES string of the molecule is CCN(C)CCCC(F)(F)C(F)(F)C(F)(F)C(F)(F)C(F)(F)C(F)(F)F. The van der Waals surface area contributed by atoms with Crippen LogP contribution in [0.1, 0.15) is 19.8 Å². The maximum Gasteiger partial charge on any atom is 0.460 e. The van der Waals surface area contributed by atoms with E-state index in [1.807, 2.05) is 0 Å². The second kappa shape index (κ2) is 7.23. The van der Waals surface area contributed by atoms with E-state index in [0.717, 1.165) is 0 Å². The van der Waals surface area contributed by atoms with Crippen molar-refractivity contribution in [3.63, 3.8) is 0 Å². The van der Waals surface area contributed by atoms with Gasteiger partial charge in [0.15, 0.2) is 0 Å². The van der Waals surface area contributed by atoms with E-state index >= 15 is 0 Å². The smallest absolute Gasteiger partial charge is 0.307 e. The minimum atomic E-state index is -7.83. The summed E-state index contributed by atoms with van der Waals surface area (Å²) >= 11 is 0. The number of nitrogens with zero attached hydrogens (tertiary/aromatic N) is 1. The Bertz CT molecular complexity index is 468. The Morgan fingerprint density at radius 1 is 0.615 bits per heavy atom. The molecule has 0 N–H and O–H groups in total. The summed E-state index contributed by atoms with van der Waals surface area (Å²) in [6.45, 7) is 1.34. The summed E-state index contributed by atoms with van der Waals surface area (Å²) in [7, 11) is 1.31. The van der Waals surface area contributed by atoms with E-state index in [1.54, 1.807) is 0 Å². The third-order valence-electron chi connectivity index (χ3n) is 3.57. The van der Waals surface area contributed by atoms with Crippen LogP contribution in [0.5, 0.6) is 0 Å². The van der Waals surface area contributed by atoms with Gasteiger partial charge in [-0.15, -0.1) is 0 Å². The first-order valence-electron chi connectivity index (χ1n) is 6.85. The topological polar surface area (TPSA) is 3.24 Å². The van der Waals surface area contributed by atoms with Crippen LogP contribution >= 0.6 is 0 Å². The highest BCUT2D eigenvalue weighted by molar-refractivity contribution is 5.10. The van der Waals surface area contributed by atoms with Crippen molar-refractivity contribution in [3.05, 3.63) is 0 Å². The number of hydrogen-bond donors (Lipinski definition) is 0. The fraction of sp³-hybridized carbons (Fsp3) is 1.00. The van der Waals surface area contributed by atoms with Gasteiger partial charge >= 0.3 is 35.8 Å². The number of halogens is 13. The highest BCUT2D eigenvalue weighted by Crippen LogP contribution is 2.60. The van der Waals surface area contributed by atoms with Gasteiger partial charge in [0.1, 0.15) is 0 Å². The summed E-state index contributed by atoms with van der Waals surface area (Å²) in [5.41, 5.74) is 0. The quantitative estimate of drug-likeness (QED) is 0.449. The van der Waals surface area contributed by atoms with Gasteiger partial charge in [-0.25, -0.2) is 0 Å². The molecule has 0 fully saturated rings. The predicted octanol–water partition coefficient (Wildman–Crippen LogP) is 5.46. The zero-order valence-corrected chi connectivity index (χ0v) is 13.2. The molecule has 0 aromatic heterocycles. The van der Waals surface area contributed by atoms with Crippen LogP contribution in [0.25, 0.3) is 0 Å². The van der Waals surface area contributed by atoms with Gasteiger partial charge in [-0.2, -0.15) is 57.1 Å². The zero-order valence-electron chi connectivity index (χ0n) is 13.2. The molecule has 0 atom stereocenters. The maximum atomic E-state index is 13.4. The highest BCUT2D eigenvalue weighted by atomic mass is 19.4. The minimum Gasteiger partial charge on any atom is -0.307 e. The molecule has 0 unspecified atom stereocenters. The minimum absolute atomic E-state index is 0.216. The predicted molar refractivity (Wildman–Crippen MR) is 63.2 cm³/mol. The monoisotopic (exact) mass is 419 g/mol. The lowest BCUT2D eigenvalue weighted by Crippen LogP contribution is -2.70. The number of rotatable bonds is 9. The molecule has 0 aliphatic heterocycles. The molecule has 26 heavy (non-hydrogen) atoms. The van der Waals surface area contributed by atoms with Crippen LogP contribution in [0.2, 0.25) is 0 Å². The Morgan fingerprint density at radius 3 is 1.35 bits per heavy atom. The summed E-state index contributed by atoms with van der Waals surface area (Å²) in [5.74, 6) is -36.4. The van der Waals surface area contributed by atoms with E-state index in [4.69, 9.17) is 0 Å². The highest BCUT2D eigenvalue weighted by Gasteiger charge is 2.90. The van der Waals surface area contributed by atoms with Gasteiger partial charge in [0, 0.05) is 6.42 Å². The van der Waals surface area contributed by atoms with Crippen LogP contribution in [0.4, 0.5) is 57.1 Å². The molecule has 14 heteroatoms. The number of alkyl halides is 13. The first kappa shape index (κ1) is 25.1. The average Bonchev–Trinajstić information content (AvgIpc) is 2.44. The molecule has 0 rings (SSSR count). The molecular weight excluding hydrogens is 405 g/mol. The second-order valence-corrected chi connectivity index (χ2v) is 5.50. The molecule has 0 aliphatic carbocycles. The van der Waals surface area contributed by atoms with Crippen LogP contribution in [-0.2, 0) is 0 Å². The molecule has 0 aromatic carbocycles. The molecular formula is C12H14F13N. The van der Waals surface area contributed by atoms with Gasteiger partial charge in [0.2, 0.25) is 0 Å². The molecule has 0 amide bonds. The average molecular weight is 419 g/mol. The van der Waals surface area contributed by atoms with E-state index in [2.05, 4.69) is 0 Å². The lowest BCUT2D eigenvalue weighted by atomic mass is 9.92. The molecule has 0 saturated carbocycles. The fourth-order valence-electron chi connectivity index (χ4n) is 1.69. The molecule has 158 valence electrons. The molecule has 0 spiro atoms. The van der Waals surface area contributed by atoms with E-state index in [1.165, 1.54) is 18.9 Å². The van der Waals surface area contributed by atoms with Crippen LogP contribution in [-0.4, -0.2) is 60.8 Å². The standard InChI is InChI=1S/C12H14F13N/c1-3-26(2)6-4-5-7(13,14)8(15,16)9(17,18)10(19,20)11(21,22)12(23,24)25/h3-6H2,1-2H3. The van der Waals surface area contributed by atoms with Gasteiger partial charge in [-0.3, -0.25) is 0 Å². The molecule has 1 nitrogen and oxygen atoms in total. The summed E-state index contributed by atoms with van der Waals surface area (Å²) in [4.78, 5) is 1.25. The summed E-state index contributed by atoms with van der Waals surface area (Å²) in [6, 6.07) is 0. The van der Waals surface area contributed by atoms with Gasteiger partial charge in [-0.05, 0) is 26.6 Å². The zero-order chi connectivity index (χ0) is 21.4. The van der Waals surface area contributed by atoms with Crippen LogP contribution in [0, 0.1) is 0 Å². The third-order valence-corrected chi connectivity index (χ3v) is 3.57. The molecule has 0 bridgehead atoms. The van der Waals surface area contributed by atoms with Crippen LogP contribution in [0.15, 0.2) is 0 Å².